The van der Waals surface area contributed by atoms with Crippen molar-refractivity contribution < 1.29 is 23.2 Å². The fraction of sp³-hybridized carbons (Fsp3) is 0.158. The van der Waals surface area contributed by atoms with Crippen LogP contribution in [0.25, 0.3) is 11.0 Å². The van der Waals surface area contributed by atoms with Crippen LogP contribution in [0.4, 0.5) is 19.3 Å². The highest BCUT2D eigenvalue weighted by molar-refractivity contribution is 6.10. The molecule has 30 heavy (non-hydrogen) atoms. The molecule has 4 rings (SSSR count). The molecule has 0 radical (unpaired) electrons. The molecule has 11 heteroatoms. The maximum Gasteiger partial charge on any atom is 0.325 e. The van der Waals surface area contributed by atoms with Crippen LogP contribution in [0.2, 0.25) is 0 Å². The number of hydrogen-bond donors (Lipinski definition) is 4. The Labute approximate surface area is 167 Å². The maximum absolute atomic E-state index is 14.2. The van der Waals surface area contributed by atoms with Gasteiger partial charge in [-0.3, -0.25) is 14.5 Å². The number of benzene rings is 2. The fourth-order valence-corrected chi connectivity index (χ4v) is 3.36. The van der Waals surface area contributed by atoms with E-state index in [-0.39, 0.29) is 5.56 Å². The standard InChI is InChI=1S/C19H15F2N5O4/c1-19(11-6-9(20)2-4-12(11)21)16(28)26(18(30)25-19)8-15(27)22-10-3-5-13-14(7-10)24-17(29)23-13/h2-7H,8H2,1H3,(H,22,27)(H,25,30)(H2,23,24,29)/t19-/m1/s1. The number of aromatic nitrogens is 2. The van der Waals surface area contributed by atoms with Crippen molar-refractivity contribution in [1.82, 2.24) is 20.2 Å². The number of aromatic amines is 2. The Morgan fingerprint density at radius 1 is 1.07 bits per heavy atom. The first-order valence-corrected chi connectivity index (χ1v) is 8.79. The summed E-state index contributed by atoms with van der Waals surface area (Å²) in [7, 11) is 0. The average Bonchev–Trinajstić information content (AvgIpc) is 3.15. The summed E-state index contributed by atoms with van der Waals surface area (Å²) in [5.74, 6) is -3.23. The topological polar surface area (TPSA) is 127 Å². The minimum atomic E-state index is -1.85. The number of carbonyl (C=O) groups is 3. The maximum atomic E-state index is 14.2. The van der Waals surface area contributed by atoms with Gasteiger partial charge >= 0.3 is 11.7 Å². The van der Waals surface area contributed by atoms with E-state index in [4.69, 9.17) is 0 Å². The third kappa shape index (κ3) is 3.19. The van der Waals surface area contributed by atoms with Crippen LogP contribution in [-0.4, -0.2) is 39.3 Å². The first kappa shape index (κ1) is 19.3. The average molecular weight is 415 g/mol. The number of amides is 4. The number of H-pyrrole nitrogens is 2. The van der Waals surface area contributed by atoms with Crippen molar-refractivity contribution in [2.24, 2.45) is 0 Å². The van der Waals surface area contributed by atoms with E-state index in [1.165, 1.54) is 19.1 Å². The van der Waals surface area contributed by atoms with Crippen molar-refractivity contribution in [3.63, 3.8) is 0 Å². The highest BCUT2D eigenvalue weighted by Gasteiger charge is 2.50. The van der Waals surface area contributed by atoms with E-state index in [1.54, 1.807) is 6.07 Å². The second kappa shape index (κ2) is 6.79. The smallest absolute Gasteiger partial charge is 0.324 e. The molecule has 1 atom stereocenters. The van der Waals surface area contributed by atoms with E-state index in [0.29, 0.717) is 21.6 Å². The van der Waals surface area contributed by atoms with Gasteiger partial charge in [0.15, 0.2) is 0 Å². The van der Waals surface area contributed by atoms with Gasteiger partial charge in [0.2, 0.25) is 5.91 Å². The molecule has 2 aromatic carbocycles. The molecule has 3 aromatic rings. The molecule has 2 heterocycles. The van der Waals surface area contributed by atoms with Crippen LogP contribution in [0.15, 0.2) is 41.2 Å². The summed E-state index contributed by atoms with van der Waals surface area (Å²) in [5, 5.41) is 4.83. The molecule has 4 N–H and O–H groups in total. The first-order valence-electron chi connectivity index (χ1n) is 8.79. The molecule has 1 fully saturated rings. The lowest BCUT2D eigenvalue weighted by Gasteiger charge is -2.22. The third-order valence-corrected chi connectivity index (χ3v) is 4.84. The molecule has 0 aliphatic carbocycles. The Morgan fingerprint density at radius 2 is 1.80 bits per heavy atom. The zero-order valence-electron chi connectivity index (χ0n) is 15.5. The number of hydrogen-bond acceptors (Lipinski definition) is 4. The summed E-state index contributed by atoms with van der Waals surface area (Å²) in [6, 6.07) is 6.26. The number of urea groups is 1. The largest absolute Gasteiger partial charge is 0.325 e. The van der Waals surface area contributed by atoms with Gasteiger partial charge in [0, 0.05) is 11.3 Å². The van der Waals surface area contributed by atoms with E-state index < -0.39 is 47.3 Å². The lowest BCUT2D eigenvalue weighted by Crippen LogP contribution is -2.42. The summed E-state index contributed by atoms with van der Waals surface area (Å²) in [5.41, 5.74) is -1.27. The Morgan fingerprint density at radius 3 is 2.57 bits per heavy atom. The van der Waals surface area contributed by atoms with Gasteiger partial charge in [-0.2, -0.15) is 0 Å². The molecule has 9 nitrogen and oxygen atoms in total. The van der Waals surface area contributed by atoms with Crippen molar-refractivity contribution in [3.05, 3.63) is 64.1 Å². The van der Waals surface area contributed by atoms with Crippen molar-refractivity contribution in [2.75, 3.05) is 11.9 Å². The summed E-state index contributed by atoms with van der Waals surface area (Å²) >= 11 is 0. The molecule has 0 saturated carbocycles. The van der Waals surface area contributed by atoms with E-state index in [9.17, 15) is 28.0 Å². The van der Waals surface area contributed by atoms with Gasteiger partial charge in [0.25, 0.3) is 5.91 Å². The number of nitrogens with one attached hydrogen (secondary N) is 4. The predicted molar refractivity (Wildman–Crippen MR) is 102 cm³/mol. The van der Waals surface area contributed by atoms with Crippen LogP contribution >= 0.6 is 0 Å². The van der Waals surface area contributed by atoms with Gasteiger partial charge in [-0.1, -0.05) is 0 Å². The number of imidazole rings is 1. The Kier molecular flexibility index (Phi) is 4.37. The van der Waals surface area contributed by atoms with Crippen molar-refractivity contribution in [1.29, 1.82) is 0 Å². The molecule has 1 aliphatic heterocycles. The van der Waals surface area contributed by atoms with Crippen molar-refractivity contribution in [2.45, 2.75) is 12.5 Å². The summed E-state index contributed by atoms with van der Waals surface area (Å²) in [6.45, 7) is 0.595. The number of anilines is 1. The van der Waals surface area contributed by atoms with Crippen molar-refractivity contribution >= 4 is 34.6 Å². The monoisotopic (exact) mass is 415 g/mol. The van der Waals surface area contributed by atoms with Crippen LogP contribution in [0.1, 0.15) is 12.5 Å². The quantitative estimate of drug-likeness (QED) is 0.482. The van der Waals surface area contributed by atoms with E-state index in [2.05, 4.69) is 20.6 Å². The minimum absolute atomic E-state index is 0.328. The van der Waals surface area contributed by atoms with Gasteiger partial charge in [-0.25, -0.2) is 18.4 Å². The molecule has 0 spiro atoms. The van der Waals surface area contributed by atoms with Gasteiger partial charge in [0.05, 0.1) is 11.0 Å². The van der Waals surface area contributed by atoms with E-state index in [1.807, 2.05) is 0 Å². The molecule has 4 amide bonds. The number of carbonyl (C=O) groups excluding carboxylic acids is 3. The predicted octanol–water partition coefficient (Wildman–Crippen LogP) is 1.54. The van der Waals surface area contributed by atoms with Gasteiger partial charge in [0.1, 0.15) is 23.7 Å². The molecular weight excluding hydrogens is 400 g/mol. The molecule has 0 bridgehead atoms. The van der Waals surface area contributed by atoms with Crippen LogP contribution in [-0.2, 0) is 15.1 Å². The molecule has 1 saturated heterocycles. The first-order chi connectivity index (χ1) is 14.2. The lowest BCUT2D eigenvalue weighted by molar-refractivity contribution is -0.133. The molecule has 154 valence electrons. The van der Waals surface area contributed by atoms with E-state index >= 15 is 0 Å². The van der Waals surface area contributed by atoms with Crippen molar-refractivity contribution in [3.8, 4) is 0 Å². The number of rotatable bonds is 4. The Balaban J connectivity index is 1.53. The zero-order chi connectivity index (χ0) is 21.6. The van der Waals surface area contributed by atoms with Gasteiger partial charge in [-0.05, 0) is 43.3 Å². The fourth-order valence-electron chi connectivity index (χ4n) is 3.36. The molecule has 1 aliphatic rings. The second-order valence-electron chi connectivity index (χ2n) is 6.96. The zero-order valence-corrected chi connectivity index (χ0v) is 15.5. The molecule has 1 aromatic heterocycles. The number of imide groups is 1. The number of fused-ring (bicyclic) bond motifs is 1. The van der Waals surface area contributed by atoms with E-state index in [0.717, 1.165) is 18.2 Å². The SMILES string of the molecule is C[C@]1(c2cc(F)ccc2F)NC(=O)N(CC(=O)Nc2ccc3[nH]c(=O)[nH]c3c2)C1=O. The van der Waals surface area contributed by atoms with Crippen LogP contribution in [0.3, 0.4) is 0 Å². The number of halogens is 2. The summed E-state index contributed by atoms with van der Waals surface area (Å²) < 4.78 is 27.7. The highest BCUT2D eigenvalue weighted by Crippen LogP contribution is 2.31. The molecular formula is C19H15F2N5O4. The van der Waals surface area contributed by atoms with Gasteiger partial charge < -0.3 is 20.6 Å². The summed E-state index contributed by atoms with van der Waals surface area (Å²) in [4.78, 5) is 54.5. The van der Waals surface area contributed by atoms with Crippen LogP contribution in [0.5, 0.6) is 0 Å². The van der Waals surface area contributed by atoms with Crippen LogP contribution in [0, 0.1) is 11.6 Å². The second-order valence-corrected chi connectivity index (χ2v) is 6.96. The van der Waals surface area contributed by atoms with Crippen LogP contribution < -0.4 is 16.3 Å². The third-order valence-electron chi connectivity index (χ3n) is 4.84. The summed E-state index contributed by atoms with van der Waals surface area (Å²) in [6.07, 6.45) is 0. The Hall–Kier alpha value is -4.02. The minimum Gasteiger partial charge on any atom is -0.324 e. The number of nitrogens with zero attached hydrogens (tertiary/aromatic N) is 1. The molecule has 0 unspecified atom stereocenters. The van der Waals surface area contributed by atoms with Gasteiger partial charge in [-0.15, -0.1) is 0 Å². The Bertz CT molecular complexity index is 1270. The lowest BCUT2D eigenvalue weighted by atomic mass is 9.91. The normalized spacial score (nSPS) is 18.7. The highest BCUT2D eigenvalue weighted by atomic mass is 19.1.